The Morgan fingerprint density at radius 2 is 1.68 bits per heavy atom. The Bertz CT molecular complexity index is 1080. The molecule has 2 aliphatic rings. The summed E-state index contributed by atoms with van der Waals surface area (Å²) in [5.74, 6) is 0.361. The number of hydrogen-bond acceptors (Lipinski definition) is 4. The van der Waals surface area contributed by atoms with Gasteiger partial charge in [-0.15, -0.1) is 0 Å². The fraction of sp³-hybridized carbons (Fsp3) is 0.130. The zero-order valence-corrected chi connectivity index (χ0v) is 15.4. The highest BCUT2D eigenvalue weighted by molar-refractivity contribution is 6.19. The third-order valence-electron chi connectivity index (χ3n) is 5.27. The van der Waals surface area contributed by atoms with Gasteiger partial charge >= 0.3 is 5.72 Å². The first kappa shape index (κ1) is 16.6. The molecule has 1 atom stereocenters. The molecule has 1 unspecified atom stereocenters. The highest BCUT2D eigenvalue weighted by Gasteiger charge is 2.59. The molecule has 0 aliphatic carbocycles. The predicted octanol–water partition coefficient (Wildman–Crippen LogP) is 4.25. The van der Waals surface area contributed by atoms with E-state index in [1.165, 1.54) is 5.56 Å². The Morgan fingerprint density at radius 1 is 0.964 bits per heavy atom. The molecule has 28 heavy (non-hydrogen) atoms. The van der Waals surface area contributed by atoms with Gasteiger partial charge < -0.3 is 10.2 Å². The number of oxime groups is 1. The highest BCUT2D eigenvalue weighted by Crippen LogP contribution is 2.47. The van der Waals surface area contributed by atoms with Crippen molar-refractivity contribution in [2.45, 2.75) is 19.1 Å². The Labute approximate surface area is 163 Å². The minimum Gasteiger partial charge on any atom is -0.349 e. The summed E-state index contributed by atoms with van der Waals surface area (Å²) in [5.41, 5.74) is 3.12. The molecule has 0 radical (unpaired) electrons. The van der Waals surface area contributed by atoms with E-state index in [2.05, 4.69) is 29.5 Å². The molecule has 3 aromatic rings. The SMILES string of the molecule is CCc1ccc(N2C(c3ccccc3)=NOC23C(=O)Nc2ccccc23)cc1. The van der Waals surface area contributed by atoms with Gasteiger partial charge in [-0.2, -0.15) is 0 Å². The summed E-state index contributed by atoms with van der Waals surface area (Å²) in [6.07, 6.45) is 0.949. The summed E-state index contributed by atoms with van der Waals surface area (Å²) in [6, 6.07) is 25.5. The van der Waals surface area contributed by atoms with Crippen molar-refractivity contribution in [2.75, 3.05) is 10.2 Å². The third-order valence-corrected chi connectivity index (χ3v) is 5.27. The van der Waals surface area contributed by atoms with Crippen molar-refractivity contribution in [3.63, 3.8) is 0 Å². The molecule has 1 amide bonds. The van der Waals surface area contributed by atoms with Crippen LogP contribution >= 0.6 is 0 Å². The van der Waals surface area contributed by atoms with E-state index in [1.807, 2.05) is 71.6 Å². The van der Waals surface area contributed by atoms with Crippen molar-refractivity contribution < 1.29 is 9.63 Å². The zero-order chi connectivity index (χ0) is 19.1. The number of anilines is 2. The van der Waals surface area contributed by atoms with Crippen LogP contribution in [0, 0.1) is 0 Å². The second-order valence-electron chi connectivity index (χ2n) is 6.87. The quantitative estimate of drug-likeness (QED) is 0.751. The molecule has 2 aliphatic heterocycles. The van der Waals surface area contributed by atoms with Crippen LogP contribution in [0.2, 0.25) is 0 Å². The lowest BCUT2D eigenvalue weighted by Gasteiger charge is -2.32. The lowest BCUT2D eigenvalue weighted by molar-refractivity contribution is -0.137. The molecule has 2 heterocycles. The Hall–Kier alpha value is -3.60. The van der Waals surface area contributed by atoms with E-state index in [4.69, 9.17) is 4.84 Å². The smallest absolute Gasteiger partial charge is 0.322 e. The summed E-state index contributed by atoms with van der Waals surface area (Å²) in [5, 5.41) is 7.32. The first-order chi connectivity index (χ1) is 13.7. The van der Waals surface area contributed by atoms with Crippen molar-refractivity contribution in [3.8, 4) is 0 Å². The van der Waals surface area contributed by atoms with Gasteiger partial charge in [-0.05, 0) is 30.2 Å². The standard InChI is InChI=1S/C23H19N3O2/c1-2-16-12-14-18(15-13-16)26-21(17-8-4-3-5-9-17)25-28-23(26)19-10-6-7-11-20(19)24-22(23)27/h3-15H,2H2,1H3,(H,24,27). The van der Waals surface area contributed by atoms with Gasteiger partial charge in [-0.3, -0.25) is 9.69 Å². The number of aryl methyl sites for hydroxylation is 1. The van der Waals surface area contributed by atoms with Crippen LogP contribution in [0.4, 0.5) is 11.4 Å². The molecule has 3 aromatic carbocycles. The predicted molar refractivity (Wildman–Crippen MR) is 109 cm³/mol. The summed E-state index contributed by atoms with van der Waals surface area (Å²) in [6.45, 7) is 2.12. The maximum Gasteiger partial charge on any atom is 0.322 e. The number of carbonyl (C=O) groups is 1. The van der Waals surface area contributed by atoms with Gasteiger partial charge in [0.05, 0.1) is 11.3 Å². The molecule has 5 rings (SSSR count). The van der Waals surface area contributed by atoms with Crippen molar-refractivity contribution >= 4 is 23.1 Å². The lowest BCUT2D eigenvalue weighted by atomic mass is 9.99. The van der Waals surface area contributed by atoms with E-state index in [0.717, 1.165) is 28.9 Å². The molecule has 5 nitrogen and oxygen atoms in total. The molecule has 1 spiro atoms. The Kier molecular flexibility index (Phi) is 3.69. The highest BCUT2D eigenvalue weighted by atomic mass is 16.7. The molecule has 0 saturated heterocycles. The molecule has 5 heteroatoms. The van der Waals surface area contributed by atoms with E-state index < -0.39 is 5.72 Å². The molecule has 0 bridgehead atoms. The molecule has 0 saturated carbocycles. The minimum atomic E-state index is -1.35. The van der Waals surface area contributed by atoms with E-state index in [-0.39, 0.29) is 5.91 Å². The van der Waals surface area contributed by atoms with Gasteiger partial charge in [0, 0.05) is 11.3 Å². The van der Waals surface area contributed by atoms with Gasteiger partial charge in [0.2, 0.25) is 0 Å². The number of nitrogens with zero attached hydrogens (tertiary/aromatic N) is 2. The van der Waals surface area contributed by atoms with E-state index in [0.29, 0.717) is 5.84 Å². The first-order valence-electron chi connectivity index (χ1n) is 9.36. The van der Waals surface area contributed by atoms with E-state index in [9.17, 15) is 4.79 Å². The van der Waals surface area contributed by atoms with E-state index >= 15 is 0 Å². The molecule has 0 fully saturated rings. The first-order valence-corrected chi connectivity index (χ1v) is 9.36. The number of nitrogens with one attached hydrogen (secondary N) is 1. The normalized spacial score (nSPS) is 20.0. The van der Waals surface area contributed by atoms with Gasteiger partial charge in [-0.1, -0.05) is 72.7 Å². The van der Waals surface area contributed by atoms with Crippen molar-refractivity contribution in [2.24, 2.45) is 5.16 Å². The number of amidine groups is 1. The van der Waals surface area contributed by atoms with Crippen LogP contribution < -0.4 is 10.2 Å². The number of carbonyl (C=O) groups excluding carboxylic acids is 1. The number of amides is 1. The molecular weight excluding hydrogens is 350 g/mol. The number of benzene rings is 3. The lowest BCUT2D eigenvalue weighted by Crippen LogP contribution is -2.51. The molecular formula is C23H19N3O2. The maximum absolute atomic E-state index is 13.2. The summed E-state index contributed by atoms with van der Waals surface area (Å²) in [7, 11) is 0. The summed E-state index contributed by atoms with van der Waals surface area (Å²) < 4.78 is 0. The zero-order valence-electron chi connectivity index (χ0n) is 15.4. The van der Waals surface area contributed by atoms with Crippen LogP contribution in [0.5, 0.6) is 0 Å². The number of fused-ring (bicyclic) bond motifs is 2. The minimum absolute atomic E-state index is 0.247. The van der Waals surface area contributed by atoms with Gasteiger partial charge in [-0.25, -0.2) is 0 Å². The summed E-state index contributed by atoms with van der Waals surface area (Å²) >= 11 is 0. The van der Waals surface area contributed by atoms with Crippen LogP contribution in [0.25, 0.3) is 0 Å². The number of para-hydroxylation sites is 1. The fourth-order valence-electron chi connectivity index (χ4n) is 3.82. The second kappa shape index (κ2) is 6.23. The Balaban J connectivity index is 1.71. The third kappa shape index (κ3) is 2.26. The van der Waals surface area contributed by atoms with Crippen LogP contribution in [0.1, 0.15) is 23.6 Å². The molecule has 1 N–H and O–H groups in total. The number of rotatable bonds is 3. The van der Waals surface area contributed by atoms with Crippen LogP contribution in [-0.2, 0) is 21.8 Å². The Morgan fingerprint density at radius 3 is 2.43 bits per heavy atom. The van der Waals surface area contributed by atoms with Crippen molar-refractivity contribution in [3.05, 3.63) is 95.6 Å². The van der Waals surface area contributed by atoms with Crippen LogP contribution in [-0.4, -0.2) is 11.7 Å². The van der Waals surface area contributed by atoms with Gasteiger partial charge in [0.1, 0.15) is 0 Å². The van der Waals surface area contributed by atoms with Gasteiger partial charge in [0.25, 0.3) is 5.91 Å². The van der Waals surface area contributed by atoms with Crippen molar-refractivity contribution in [1.82, 2.24) is 0 Å². The van der Waals surface area contributed by atoms with E-state index in [1.54, 1.807) is 0 Å². The largest absolute Gasteiger partial charge is 0.349 e. The average Bonchev–Trinajstić information content (AvgIpc) is 3.28. The fourth-order valence-corrected chi connectivity index (χ4v) is 3.82. The average molecular weight is 369 g/mol. The number of hydrogen-bond donors (Lipinski definition) is 1. The molecule has 138 valence electrons. The monoisotopic (exact) mass is 369 g/mol. The van der Waals surface area contributed by atoms with Gasteiger partial charge in [0.15, 0.2) is 5.84 Å². The van der Waals surface area contributed by atoms with Crippen LogP contribution in [0.3, 0.4) is 0 Å². The van der Waals surface area contributed by atoms with Crippen molar-refractivity contribution in [1.29, 1.82) is 0 Å². The second-order valence-corrected chi connectivity index (χ2v) is 6.87. The topological polar surface area (TPSA) is 53.9 Å². The summed E-state index contributed by atoms with van der Waals surface area (Å²) in [4.78, 5) is 21.0. The molecule has 0 aromatic heterocycles. The van der Waals surface area contributed by atoms with Crippen LogP contribution in [0.15, 0.2) is 84.0 Å². The maximum atomic E-state index is 13.2.